The molecule has 0 bridgehead atoms. The standard InChI is InChI=1S/C8H10Br2N4O2/c9-6-7(10)12-14(11-6)5-1-3-13(4-2-5)8(15)16/h5H,1-4H2,(H,15,16). The summed E-state index contributed by atoms with van der Waals surface area (Å²) in [5.41, 5.74) is 0. The molecular formula is C8H10Br2N4O2. The van der Waals surface area contributed by atoms with Crippen molar-refractivity contribution < 1.29 is 9.90 Å². The van der Waals surface area contributed by atoms with Crippen LogP contribution in [0.2, 0.25) is 0 Å². The average Bonchev–Trinajstić information content (AvgIpc) is 2.59. The van der Waals surface area contributed by atoms with Gasteiger partial charge in [-0.3, -0.25) is 0 Å². The van der Waals surface area contributed by atoms with E-state index in [4.69, 9.17) is 5.11 Å². The Hall–Kier alpha value is -0.630. The summed E-state index contributed by atoms with van der Waals surface area (Å²) in [6, 6.07) is 0.179. The molecule has 1 aromatic heterocycles. The molecule has 0 aromatic carbocycles. The van der Waals surface area contributed by atoms with Gasteiger partial charge in [-0.2, -0.15) is 4.80 Å². The van der Waals surface area contributed by atoms with Gasteiger partial charge < -0.3 is 10.0 Å². The highest BCUT2D eigenvalue weighted by molar-refractivity contribution is 9.13. The van der Waals surface area contributed by atoms with Gasteiger partial charge in [0.05, 0.1) is 6.04 Å². The van der Waals surface area contributed by atoms with Crippen LogP contribution in [0.3, 0.4) is 0 Å². The highest BCUT2D eigenvalue weighted by atomic mass is 79.9. The van der Waals surface area contributed by atoms with Gasteiger partial charge in [-0.05, 0) is 44.7 Å². The number of carboxylic acid groups (broad SMARTS) is 1. The number of amides is 1. The fraction of sp³-hybridized carbons (Fsp3) is 0.625. The summed E-state index contributed by atoms with van der Waals surface area (Å²) in [5, 5.41) is 17.2. The van der Waals surface area contributed by atoms with Gasteiger partial charge in [-0.25, -0.2) is 4.79 Å². The van der Waals surface area contributed by atoms with Crippen molar-refractivity contribution in [1.82, 2.24) is 19.9 Å². The van der Waals surface area contributed by atoms with Crippen molar-refractivity contribution in [3.8, 4) is 0 Å². The molecule has 0 saturated carbocycles. The number of nitrogens with zero attached hydrogens (tertiary/aromatic N) is 4. The number of carbonyl (C=O) groups is 1. The third-order valence-corrected chi connectivity index (χ3v) is 4.21. The van der Waals surface area contributed by atoms with Gasteiger partial charge in [0.25, 0.3) is 0 Å². The molecule has 2 heterocycles. The molecule has 0 radical (unpaired) electrons. The summed E-state index contributed by atoms with van der Waals surface area (Å²) >= 11 is 6.54. The molecule has 2 rings (SSSR count). The third-order valence-electron chi connectivity index (χ3n) is 2.61. The van der Waals surface area contributed by atoms with Gasteiger partial charge in [0.1, 0.15) is 0 Å². The number of rotatable bonds is 1. The van der Waals surface area contributed by atoms with Crippen LogP contribution in [0.1, 0.15) is 18.9 Å². The topological polar surface area (TPSA) is 71.2 Å². The molecule has 1 amide bonds. The van der Waals surface area contributed by atoms with E-state index >= 15 is 0 Å². The molecule has 0 unspecified atom stereocenters. The molecule has 1 saturated heterocycles. The van der Waals surface area contributed by atoms with Crippen LogP contribution < -0.4 is 0 Å². The number of likely N-dealkylation sites (tertiary alicyclic amines) is 1. The lowest BCUT2D eigenvalue weighted by atomic mass is 10.1. The zero-order valence-electron chi connectivity index (χ0n) is 8.31. The predicted octanol–water partition coefficient (Wildman–Crippen LogP) is 2.12. The first-order valence-corrected chi connectivity index (χ1v) is 6.42. The first kappa shape index (κ1) is 11.8. The van der Waals surface area contributed by atoms with Crippen LogP contribution in [0.4, 0.5) is 4.79 Å². The van der Waals surface area contributed by atoms with Gasteiger partial charge in [0, 0.05) is 13.1 Å². The zero-order chi connectivity index (χ0) is 11.7. The second kappa shape index (κ2) is 4.70. The molecule has 88 valence electrons. The van der Waals surface area contributed by atoms with Gasteiger partial charge in [0.15, 0.2) is 9.21 Å². The van der Waals surface area contributed by atoms with Crippen molar-refractivity contribution in [2.45, 2.75) is 18.9 Å². The van der Waals surface area contributed by atoms with Crippen LogP contribution in [-0.2, 0) is 0 Å². The van der Waals surface area contributed by atoms with E-state index in [0.717, 1.165) is 12.8 Å². The molecule has 1 aliphatic heterocycles. The molecule has 8 heteroatoms. The van der Waals surface area contributed by atoms with Crippen LogP contribution in [0.5, 0.6) is 0 Å². The van der Waals surface area contributed by atoms with E-state index in [2.05, 4.69) is 42.1 Å². The fourth-order valence-electron chi connectivity index (χ4n) is 1.74. The second-order valence-electron chi connectivity index (χ2n) is 3.60. The van der Waals surface area contributed by atoms with E-state index < -0.39 is 6.09 Å². The van der Waals surface area contributed by atoms with Crippen molar-refractivity contribution in [2.24, 2.45) is 0 Å². The summed E-state index contributed by atoms with van der Waals surface area (Å²) < 4.78 is 1.35. The monoisotopic (exact) mass is 352 g/mol. The first-order valence-electron chi connectivity index (χ1n) is 4.83. The van der Waals surface area contributed by atoms with Crippen molar-refractivity contribution in [2.75, 3.05) is 13.1 Å². The van der Waals surface area contributed by atoms with Gasteiger partial charge in [-0.15, -0.1) is 10.2 Å². The Kier molecular flexibility index (Phi) is 3.48. The molecule has 1 N–H and O–H groups in total. The van der Waals surface area contributed by atoms with E-state index in [1.807, 2.05) is 0 Å². The average molecular weight is 354 g/mol. The van der Waals surface area contributed by atoms with Crippen LogP contribution in [0, 0.1) is 0 Å². The van der Waals surface area contributed by atoms with Crippen molar-refractivity contribution in [1.29, 1.82) is 0 Å². The molecule has 0 spiro atoms. The van der Waals surface area contributed by atoms with E-state index in [9.17, 15) is 4.79 Å². The van der Waals surface area contributed by atoms with Crippen LogP contribution in [-0.4, -0.2) is 44.2 Å². The quantitative estimate of drug-likeness (QED) is 0.839. The SMILES string of the molecule is O=C(O)N1CCC(n2nc(Br)c(Br)n2)CC1. The van der Waals surface area contributed by atoms with Crippen LogP contribution in [0.25, 0.3) is 0 Å². The predicted molar refractivity (Wildman–Crippen MR) is 63.3 cm³/mol. The van der Waals surface area contributed by atoms with Crippen molar-refractivity contribution in [3.05, 3.63) is 9.21 Å². The lowest BCUT2D eigenvalue weighted by Gasteiger charge is -2.29. The van der Waals surface area contributed by atoms with Gasteiger partial charge in [-0.1, -0.05) is 0 Å². The summed E-state index contributed by atoms with van der Waals surface area (Å²) in [7, 11) is 0. The summed E-state index contributed by atoms with van der Waals surface area (Å²) in [4.78, 5) is 13.8. The molecule has 0 aliphatic carbocycles. The molecule has 16 heavy (non-hydrogen) atoms. The highest BCUT2D eigenvalue weighted by Crippen LogP contribution is 2.24. The van der Waals surface area contributed by atoms with Gasteiger partial charge >= 0.3 is 6.09 Å². The molecule has 1 aliphatic rings. The lowest BCUT2D eigenvalue weighted by Crippen LogP contribution is -2.38. The Morgan fingerprint density at radius 3 is 2.19 bits per heavy atom. The number of hydrogen-bond donors (Lipinski definition) is 1. The minimum absolute atomic E-state index is 0.179. The largest absolute Gasteiger partial charge is 0.465 e. The van der Waals surface area contributed by atoms with Crippen LogP contribution >= 0.6 is 31.9 Å². The first-order chi connectivity index (χ1) is 7.58. The van der Waals surface area contributed by atoms with E-state index in [1.54, 1.807) is 4.80 Å². The molecule has 1 aromatic rings. The fourth-order valence-corrected chi connectivity index (χ4v) is 2.22. The van der Waals surface area contributed by atoms with Crippen LogP contribution in [0.15, 0.2) is 9.21 Å². The Balaban J connectivity index is 2.01. The number of piperidine rings is 1. The summed E-state index contributed by atoms with van der Waals surface area (Å²) in [5.74, 6) is 0. The maximum Gasteiger partial charge on any atom is 0.407 e. The molecular weight excluding hydrogens is 344 g/mol. The second-order valence-corrected chi connectivity index (χ2v) is 5.11. The molecule has 6 nitrogen and oxygen atoms in total. The van der Waals surface area contributed by atoms with Gasteiger partial charge in [0.2, 0.25) is 0 Å². The van der Waals surface area contributed by atoms with E-state index in [1.165, 1.54) is 4.90 Å². The third kappa shape index (κ3) is 2.37. The summed E-state index contributed by atoms with van der Waals surface area (Å²) in [6.07, 6.45) is 0.647. The zero-order valence-corrected chi connectivity index (χ0v) is 11.5. The van der Waals surface area contributed by atoms with E-state index in [0.29, 0.717) is 22.3 Å². The number of hydrogen-bond acceptors (Lipinski definition) is 3. The lowest BCUT2D eigenvalue weighted by molar-refractivity contribution is 0.121. The summed E-state index contributed by atoms with van der Waals surface area (Å²) in [6.45, 7) is 1.08. The Bertz CT molecular complexity index is 381. The Labute approximate surface area is 109 Å². The van der Waals surface area contributed by atoms with E-state index in [-0.39, 0.29) is 6.04 Å². The smallest absolute Gasteiger partial charge is 0.407 e. The Morgan fingerprint density at radius 2 is 1.75 bits per heavy atom. The normalized spacial score (nSPS) is 17.8. The number of halogens is 2. The Morgan fingerprint density at radius 1 is 1.25 bits per heavy atom. The molecule has 0 atom stereocenters. The van der Waals surface area contributed by atoms with Crippen molar-refractivity contribution in [3.63, 3.8) is 0 Å². The van der Waals surface area contributed by atoms with Crippen molar-refractivity contribution >= 4 is 38.0 Å². The maximum absolute atomic E-state index is 10.7. The maximum atomic E-state index is 10.7. The highest BCUT2D eigenvalue weighted by Gasteiger charge is 2.25. The number of aromatic nitrogens is 3. The minimum atomic E-state index is -0.853. The minimum Gasteiger partial charge on any atom is -0.465 e. The molecule has 1 fully saturated rings.